The average molecular weight is 220 g/mol. The number of hydrogen-bond acceptors (Lipinski definition) is 5. The molecule has 0 rings (SSSR count). The fraction of sp³-hybridized carbons (Fsp3) is 1.00. The lowest BCUT2D eigenvalue weighted by molar-refractivity contribution is 0.148. The van der Waals surface area contributed by atoms with E-state index in [0.717, 1.165) is 6.26 Å². The van der Waals surface area contributed by atoms with Crippen LogP contribution in [-0.2, 0) is 14.3 Å². The van der Waals surface area contributed by atoms with E-state index < -0.39 is 16.2 Å². The smallest absolute Gasteiger partial charge is 0.264 e. The van der Waals surface area contributed by atoms with Gasteiger partial charge in [-0.05, 0) is 6.42 Å². The van der Waals surface area contributed by atoms with E-state index in [1.807, 2.05) is 0 Å². The van der Waals surface area contributed by atoms with Gasteiger partial charge < -0.3 is 10.8 Å². The third kappa shape index (κ3) is 10.1. The van der Waals surface area contributed by atoms with E-state index >= 15 is 0 Å². The first kappa shape index (κ1) is 14.6. The fourth-order valence-electron chi connectivity index (χ4n) is 0.453. The van der Waals surface area contributed by atoms with Crippen LogP contribution in [-0.4, -0.2) is 39.0 Å². The van der Waals surface area contributed by atoms with Gasteiger partial charge in [-0.25, -0.2) is 0 Å². The minimum atomic E-state index is -3.38. The van der Waals surface area contributed by atoms with E-state index in [1.165, 1.54) is 0 Å². The highest BCUT2D eigenvalue weighted by atomic mass is 35.5. The number of aliphatic hydroxyl groups is 1. The second-order valence-electron chi connectivity index (χ2n) is 2.20. The number of nitrogens with two attached hydrogens (primary N) is 1. The summed E-state index contributed by atoms with van der Waals surface area (Å²) < 4.78 is 25.1. The van der Waals surface area contributed by atoms with Gasteiger partial charge in [-0.2, -0.15) is 8.42 Å². The molecule has 76 valence electrons. The molecule has 5 nitrogen and oxygen atoms in total. The van der Waals surface area contributed by atoms with Crippen molar-refractivity contribution in [3.05, 3.63) is 0 Å². The van der Waals surface area contributed by atoms with E-state index in [-0.39, 0.29) is 32.0 Å². The van der Waals surface area contributed by atoms with Crippen LogP contribution in [0.3, 0.4) is 0 Å². The van der Waals surface area contributed by atoms with Crippen molar-refractivity contribution >= 4 is 22.5 Å². The lowest BCUT2D eigenvalue weighted by Crippen LogP contribution is -2.21. The molecule has 0 saturated carbocycles. The normalized spacial score (nSPS) is 13.6. The van der Waals surface area contributed by atoms with E-state index in [4.69, 9.17) is 10.8 Å². The summed E-state index contributed by atoms with van der Waals surface area (Å²) in [5, 5.41) is 8.85. The summed E-state index contributed by atoms with van der Waals surface area (Å²) in [6.07, 6.45) is 0.516. The molecule has 0 bridgehead atoms. The molecule has 0 radical (unpaired) electrons. The Morgan fingerprint density at radius 2 is 2.08 bits per heavy atom. The van der Waals surface area contributed by atoms with Crippen LogP contribution < -0.4 is 5.73 Å². The summed E-state index contributed by atoms with van der Waals surface area (Å²) in [6.45, 7) is 0.102. The molecule has 3 N–H and O–H groups in total. The summed E-state index contributed by atoms with van der Waals surface area (Å²) in [5.41, 5.74) is 5.07. The molecule has 7 heteroatoms. The van der Waals surface area contributed by atoms with Crippen LogP contribution in [0.2, 0.25) is 0 Å². The predicted molar refractivity (Wildman–Crippen MR) is 47.7 cm³/mol. The number of hydrogen-bond donors (Lipinski definition) is 2. The molecule has 0 heterocycles. The highest BCUT2D eigenvalue weighted by Crippen LogP contribution is 1.93. The molecule has 0 saturated heterocycles. The van der Waals surface area contributed by atoms with Crippen molar-refractivity contribution in [2.45, 2.75) is 12.5 Å². The van der Waals surface area contributed by atoms with Crippen LogP contribution in [0.4, 0.5) is 0 Å². The molecular formula is C5H14ClNO4S. The van der Waals surface area contributed by atoms with Crippen molar-refractivity contribution in [2.24, 2.45) is 5.73 Å². The first-order valence-corrected chi connectivity index (χ1v) is 5.00. The van der Waals surface area contributed by atoms with Crippen LogP contribution >= 0.6 is 12.4 Å². The van der Waals surface area contributed by atoms with Crippen molar-refractivity contribution in [1.82, 2.24) is 0 Å². The van der Waals surface area contributed by atoms with Crippen LogP contribution in [0.25, 0.3) is 0 Å². The summed E-state index contributed by atoms with van der Waals surface area (Å²) in [7, 11) is -3.38. The first-order chi connectivity index (χ1) is 4.95. The van der Waals surface area contributed by atoms with Crippen molar-refractivity contribution in [2.75, 3.05) is 19.4 Å². The Kier molecular flexibility index (Phi) is 8.07. The molecule has 0 aromatic rings. The van der Waals surface area contributed by atoms with Crippen LogP contribution in [0.15, 0.2) is 0 Å². The van der Waals surface area contributed by atoms with Crippen LogP contribution in [0.5, 0.6) is 0 Å². The molecule has 0 aliphatic carbocycles. The number of rotatable bonds is 5. The van der Waals surface area contributed by atoms with Gasteiger partial charge in [0.2, 0.25) is 0 Å². The second-order valence-corrected chi connectivity index (χ2v) is 3.85. The van der Waals surface area contributed by atoms with E-state index in [1.54, 1.807) is 0 Å². The van der Waals surface area contributed by atoms with Crippen LogP contribution in [0, 0.1) is 0 Å². The highest BCUT2D eigenvalue weighted by Gasteiger charge is 2.04. The quantitative estimate of drug-likeness (QED) is 0.585. The zero-order valence-electron chi connectivity index (χ0n) is 6.76. The fourth-order valence-corrected chi connectivity index (χ4v) is 0.852. The third-order valence-corrected chi connectivity index (χ3v) is 1.62. The predicted octanol–water partition coefficient (Wildman–Crippen LogP) is -0.906. The van der Waals surface area contributed by atoms with E-state index in [9.17, 15) is 8.42 Å². The van der Waals surface area contributed by atoms with Crippen molar-refractivity contribution in [1.29, 1.82) is 0 Å². The first-order valence-electron chi connectivity index (χ1n) is 3.18. The van der Waals surface area contributed by atoms with E-state index in [2.05, 4.69) is 4.18 Å². The van der Waals surface area contributed by atoms with Gasteiger partial charge >= 0.3 is 0 Å². The molecule has 12 heavy (non-hydrogen) atoms. The van der Waals surface area contributed by atoms with Crippen molar-refractivity contribution < 1.29 is 17.7 Å². The molecule has 0 spiro atoms. The lowest BCUT2D eigenvalue weighted by atomic mass is 10.3. The molecule has 0 aromatic carbocycles. The molecule has 0 unspecified atom stereocenters. The molecule has 0 aromatic heterocycles. The molecular weight excluding hydrogens is 206 g/mol. The molecule has 0 amide bonds. The van der Waals surface area contributed by atoms with Gasteiger partial charge in [0.1, 0.15) is 0 Å². The Morgan fingerprint density at radius 3 is 2.42 bits per heavy atom. The Labute approximate surface area is 78.4 Å². The minimum absolute atomic E-state index is 0. The maximum Gasteiger partial charge on any atom is 0.264 e. The zero-order valence-corrected chi connectivity index (χ0v) is 8.40. The molecule has 0 aliphatic heterocycles. The number of halogens is 1. The van der Waals surface area contributed by atoms with Gasteiger partial charge in [-0.15, -0.1) is 12.4 Å². The summed E-state index contributed by atoms with van der Waals surface area (Å²) in [4.78, 5) is 0. The van der Waals surface area contributed by atoms with Gasteiger partial charge in [-0.3, -0.25) is 4.18 Å². The summed E-state index contributed by atoms with van der Waals surface area (Å²) >= 11 is 0. The summed E-state index contributed by atoms with van der Waals surface area (Å²) in [5.74, 6) is 0. The number of aliphatic hydroxyl groups excluding tert-OH is 1. The lowest BCUT2D eigenvalue weighted by Gasteiger charge is -2.05. The molecule has 0 aliphatic rings. The van der Waals surface area contributed by atoms with Gasteiger partial charge in [0, 0.05) is 6.54 Å². The Bertz CT molecular complexity index is 194. The van der Waals surface area contributed by atoms with Gasteiger partial charge in [0.25, 0.3) is 10.1 Å². The van der Waals surface area contributed by atoms with Gasteiger partial charge in [0.15, 0.2) is 0 Å². The Balaban J connectivity index is 0. The van der Waals surface area contributed by atoms with Crippen LogP contribution in [0.1, 0.15) is 6.42 Å². The van der Waals surface area contributed by atoms with Gasteiger partial charge in [-0.1, -0.05) is 0 Å². The minimum Gasteiger partial charge on any atom is -0.392 e. The summed E-state index contributed by atoms with van der Waals surface area (Å²) in [6, 6.07) is 0. The monoisotopic (exact) mass is 219 g/mol. The molecule has 0 fully saturated rings. The molecule has 1 atom stereocenters. The van der Waals surface area contributed by atoms with E-state index in [0.29, 0.717) is 0 Å². The topological polar surface area (TPSA) is 89.6 Å². The third-order valence-electron chi connectivity index (χ3n) is 1.02. The largest absolute Gasteiger partial charge is 0.392 e. The Hall–Kier alpha value is 0.120. The highest BCUT2D eigenvalue weighted by molar-refractivity contribution is 7.85. The van der Waals surface area contributed by atoms with Crippen molar-refractivity contribution in [3.8, 4) is 0 Å². The standard InChI is InChI=1S/C5H13NO4S.ClH/c1-11(8,9)10-3-2-5(7)4-6;/h5,7H,2-4,6H2,1H3;1H/t5-;/m0./s1. The maximum atomic E-state index is 10.4. The van der Waals surface area contributed by atoms with Crippen molar-refractivity contribution in [3.63, 3.8) is 0 Å². The SMILES string of the molecule is CS(=O)(=O)OCC[C@H](O)CN.Cl. The average Bonchev–Trinajstić information content (AvgIpc) is 1.85. The Morgan fingerprint density at radius 1 is 1.58 bits per heavy atom. The second kappa shape index (κ2) is 6.62. The zero-order chi connectivity index (χ0) is 8.91. The van der Waals surface area contributed by atoms with Gasteiger partial charge in [0.05, 0.1) is 19.0 Å². The maximum absolute atomic E-state index is 10.4.